The molecule has 0 amide bonds. The Kier molecular flexibility index (Phi) is 5.40. The van der Waals surface area contributed by atoms with E-state index in [1.165, 1.54) is 5.56 Å². The summed E-state index contributed by atoms with van der Waals surface area (Å²) in [5, 5.41) is 3.25. The smallest absolute Gasteiger partial charge is 0.231 e. The van der Waals surface area contributed by atoms with Crippen molar-refractivity contribution in [2.75, 3.05) is 6.79 Å². The minimum atomic E-state index is 0.327. The van der Waals surface area contributed by atoms with Crippen LogP contribution < -0.4 is 14.8 Å². The van der Waals surface area contributed by atoms with Crippen molar-refractivity contribution < 1.29 is 9.47 Å². The predicted octanol–water partition coefficient (Wildman–Crippen LogP) is 3.45. The van der Waals surface area contributed by atoms with E-state index < -0.39 is 0 Å². The summed E-state index contributed by atoms with van der Waals surface area (Å²) in [5.74, 6) is 1.66. The lowest BCUT2D eigenvalue weighted by Gasteiger charge is -2.07. The summed E-state index contributed by atoms with van der Waals surface area (Å²) in [7, 11) is 0. The molecule has 0 aromatic heterocycles. The maximum atomic E-state index is 5.30. The van der Waals surface area contributed by atoms with Crippen LogP contribution in [0.5, 0.6) is 11.5 Å². The summed E-state index contributed by atoms with van der Waals surface area (Å²) in [4.78, 5) is 0. The largest absolute Gasteiger partial charge is 0.454 e. The molecule has 1 N–H and O–H groups in total. The highest BCUT2D eigenvalue weighted by atomic mass is 16.7. The zero-order valence-electron chi connectivity index (χ0n) is 10.9. The molecule has 0 bridgehead atoms. The normalized spacial score (nSPS) is 11.5. The number of hydrogen-bond acceptors (Lipinski definition) is 3. The highest BCUT2D eigenvalue weighted by Gasteiger charge is 2.12. The Morgan fingerprint density at radius 2 is 2.00 bits per heavy atom. The molecule has 0 radical (unpaired) electrons. The molecule has 94 valence electrons. The second kappa shape index (κ2) is 6.84. The fraction of sp³-hybridized carbons (Fsp3) is 0.429. The minimum Gasteiger partial charge on any atom is -0.454 e. The van der Waals surface area contributed by atoms with Gasteiger partial charge in [0, 0.05) is 12.2 Å². The number of ether oxygens (including phenoxy) is 2. The molecule has 0 saturated carbocycles. The summed E-state index contributed by atoms with van der Waals surface area (Å²) in [6.07, 6.45) is 0.949. The van der Waals surface area contributed by atoms with Crippen LogP contribution in [0.2, 0.25) is 0 Å². The fourth-order valence-electron chi connectivity index (χ4n) is 1.40. The van der Waals surface area contributed by atoms with Crippen molar-refractivity contribution in [3.05, 3.63) is 36.0 Å². The van der Waals surface area contributed by atoms with Crippen LogP contribution in [0.1, 0.15) is 32.8 Å². The fourth-order valence-corrected chi connectivity index (χ4v) is 1.40. The lowest BCUT2D eigenvalue weighted by molar-refractivity contribution is 0.174. The Morgan fingerprint density at radius 1 is 1.29 bits per heavy atom. The molecule has 0 aliphatic carbocycles. The first-order valence-corrected chi connectivity index (χ1v) is 6.09. The molecule has 17 heavy (non-hydrogen) atoms. The van der Waals surface area contributed by atoms with Gasteiger partial charge in [0.05, 0.1) is 0 Å². The average molecular weight is 235 g/mol. The van der Waals surface area contributed by atoms with E-state index in [-0.39, 0.29) is 0 Å². The predicted molar refractivity (Wildman–Crippen MR) is 70.2 cm³/mol. The number of benzene rings is 1. The molecule has 1 aliphatic rings. The SMILES string of the molecule is C=C(CC)NCc1ccc2c(c1)OCO2.CC. The topological polar surface area (TPSA) is 30.5 Å². The maximum absolute atomic E-state index is 5.30. The van der Waals surface area contributed by atoms with E-state index in [0.29, 0.717) is 6.79 Å². The van der Waals surface area contributed by atoms with E-state index in [4.69, 9.17) is 9.47 Å². The standard InChI is InChI=1S/C12H15NO2.C2H6/c1-3-9(2)13-7-10-4-5-11-12(6-10)15-8-14-11;1-2/h4-6,13H,2-3,7-8H2,1H3;1-2H3. The van der Waals surface area contributed by atoms with Crippen LogP contribution in [0, 0.1) is 0 Å². The lowest BCUT2D eigenvalue weighted by atomic mass is 10.2. The summed E-state index contributed by atoms with van der Waals surface area (Å²) >= 11 is 0. The molecule has 3 heteroatoms. The molecular formula is C14H21NO2. The van der Waals surface area contributed by atoms with Gasteiger partial charge >= 0.3 is 0 Å². The first-order valence-electron chi connectivity index (χ1n) is 6.09. The third kappa shape index (κ3) is 3.70. The van der Waals surface area contributed by atoms with E-state index in [1.807, 2.05) is 32.0 Å². The van der Waals surface area contributed by atoms with Gasteiger partial charge in [0.1, 0.15) is 0 Å². The Morgan fingerprint density at radius 3 is 2.71 bits per heavy atom. The highest BCUT2D eigenvalue weighted by Crippen LogP contribution is 2.32. The van der Waals surface area contributed by atoms with Gasteiger partial charge in [0.2, 0.25) is 6.79 Å². The van der Waals surface area contributed by atoms with Crippen LogP contribution in [-0.4, -0.2) is 6.79 Å². The molecule has 2 rings (SSSR count). The number of rotatable bonds is 4. The van der Waals surface area contributed by atoms with Gasteiger partial charge < -0.3 is 14.8 Å². The monoisotopic (exact) mass is 235 g/mol. The third-order valence-corrected chi connectivity index (χ3v) is 2.41. The van der Waals surface area contributed by atoms with Crippen molar-refractivity contribution in [3.63, 3.8) is 0 Å². The average Bonchev–Trinajstić information content (AvgIpc) is 2.85. The van der Waals surface area contributed by atoms with Crippen LogP contribution in [0.4, 0.5) is 0 Å². The van der Waals surface area contributed by atoms with Crippen molar-refractivity contribution in [2.45, 2.75) is 33.7 Å². The van der Waals surface area contributed by atoms with Crippen LogP contribution in [0.3, 0.4) is 0 Å². The zero-order chi connectivity index (χ0) is 12.7. The Bertz CT molecular complexity index is 374. The van der Waals surface area contributed by atoms with Gasteiger partial charge in [0.25, 0.3) is 0 Å². The summed E-state index contributed by atoms with van der Waals surface area (Å²) in [6, 6.07) is 5.97. The molecule has 1 aromatic rings. The van der Waals surface area contributed by atoms with E-state index in [2.05, 4.69) is 18.8 Å². The van der Waals surface area contributed by atoms with E-state index in [0.717, 1.165) is 30.2 Å². The van der Waals surface area contributed by atoms with Gasteiger partial charge in [-0.2, -0.15) is 0 Å². The van der Waals surface area contributed by atoms with Crippen LogP contribution in [0.15, 0.2) is 30.5 Å². The molecule has 0 spiro atoms. The zero-order valence-corrected chi connectivity index (χ0v) is 10.9. The molecule has 0 unspecified atom stereocenters. The second-order valence-electron chi connectivity index (χ2n) is 3.50. The lowest BCUT2D eigenvalue weighted by Crippen LogP contribution is -2.10. The van der Waals surface area contributed by atoms with Crippen LogP contribution in [-0.2, 0) is 6.54 Å². The van der Waals surface area contributed by atoms with Gasteiger partial charge in [-0.1, -0.05) is 33.4 Å². The van der Waals surface area contributed by atoms with Gasteiger partial charge in [-0.25, -0.2) is 0 Å². The van der Waals surface area contributed by atoms with Crippen molar-refractivity contribution in [2.24, 2.45) is 0 Å². The Balaban J connectivity index is 0.000000686. The summed E-state index contributed by atoms with van der Waals surface area (Å²) in [5.41, 5.74) is 2.22. The van der Waals surface area contributed by atoms with Crippen molar-refractivity contribution in [1.82, 2.24) is 5.32 Å². The third-order valence-electron chi connectivity index (χ3n) is 2.41. The molecule has 1 aliphatic heterocycles. The quantitative estimate of drug-likeness (QED) is 0.867. The van der Waals surface area contributed by atoms with E-state index in [9.17, 15) is 0 Å². The van der Waals surface area contributed by atoms with Gasteiger partial charge in [-0.3, -0.25) is 0 Å². The van der Waals surface area contributed by atoms with Gasteiger partial charge in [-0.15, -0.1) is 0 Å². The number of fused-ring (bicyclic) bond motifs is 1. The first kappa shape index (κ1) is 13.4. The minimum absolute atomic E-state index is 0.327. The molecule has 1 heterocycles. The summed E-state index contributed by atoms with van der Waals surface area (Å²) < 4.78 is 10.5. The molecule has 0 atom stereocenters. The van der Waals surface area contributed by atoms with Crippen molar-refractivity contribution >= 4 is 0 Å². The van der Waals surface area contributed by atoms with Gasteiger partial charge in [0.15, 0.2) is 11.5 Å². The Labute approximate surface area is 103 Å². The maximum Gasteiger partial charge on any atom is 0.231 e. The molecule has 0 fully saturated rings. The highest BCUT2D eigenvalue weighted by molar-refractivity contribution is 5.44. The summed E-state index contributed by atoms with van der Waals surface area (Å²) in [6.45, 7) is 11.1. The number of hydrogen-bond donors (Lipinski definition) is 1. The molecular weight excluding hydrogens is 214 g/mol. The van der Waals surface area contributed by atoms with E-state index in [1.54, 1.807) is 0 Å². The second-order valence-corrected chi connectivity index (χ2v) is 3.50. The van der Waals surface area contributed by atoms with Crippen molar-refractivity contribution in [1.29, 1.82) is 0 Å². The van der Waals surface area contributed by atoms with Gasteiger partial charge in [-0.05, 0) is 24.1 Å². The van der Waals surface area contributed by atoms with Crippen LogP contribution in [0.25, 0.3) is 0 Å². The number of allylic oxidation sites excluding steroid dienone is 1. The first-order chi connectivity index (χ1) is 8.29. The molecule has 1 aromatic carbocycles. The molecule has 3 nitrogen and oxygen atoms in total. The molecule has 0 saturated heterocycles. The Hall–Kier alpha value is -1.64. The van der Waals surface area contributed by atoms with Crippen LogP contribution >= 0.6 is 0 Å². The van der Waals surface area contributed by atoms with E-state index >= 15 is 0 Å². The van der Waals surface area contributed by atoms with Crippen molar-refractivity contribution in [3.8, 4) is 11.5 Å². The number of nitrogens with one attached hydrogen (secondary N) is 1.